The third kappa shape index (κ3) is 11.2. The standard InChI is InChI=1S/C52H69N10O3.Zn/c1-10-16-37-38(17-11-2)44-53-43(37)54-45-39(18-12-3)41(20-14-5)47(56-45)58-49(51(63)61(7)8)60-50(59-48-42(21-15-6)40(19-13-4)46(55-44)57-48)52(64)62(9)30-32-23-26-36(27-24-32)65-31-35-29-33-22-25-34(35)28-33;/h22-27,33-35H,10-21,28-31H2,1-9H3,(H-,53,54,55,56,57,58,59,60,63,64);/q-1;+2/p-1/t33-,34+,35?;/m0./s1. The van der Waals surface area contributed by atoms with Gasteiger partial charge < -0.3 is 44.4 Å². The first-order valence-electron chi connectivity index (χ1n) is 24.2. The second-order valence-corrected chi connectivity index (χ2v) is 18.2. The van der Waals surface area contributed by atoms with Crippen LogP contribution < -0.4 is 14.7 Å². The summed E-state index contributed by atoms with van der Waals surface area (Å²) in [5.74, 6) is 3.09. The maximum Gasteiger partial charge on any atom is 2.00 e. The number of ether oxygens (including phenoxy) is 1. The van der Waals surface area contributed by atoms with Crippen molar-refractivity contribution in [2.45, 2.75) is 138 Å². The summed E-state index contributed by atoms with van der Waals surface area (Å²) in [6, 6.07) is 7.90. The third-order valence-corrected chi connectivity index (χ3v) is 12.8. The molecule has 1 saturated carbocycles. The number of fused-ring (bicyclic) bond motifs is 8. The van der Waals surface area contributed by atoms with Gasteiger partial charge in [0.15, 0.2) is 0 Å². The summed E-state index contributed by atoms with van der Waals surface area (Å²) in [7, 11) is 5.01. The van der Waals surface area contributed by atoms with Crippen molar-refractivity contribution in [1.82, 2.24) is 49.7 Å². The van der Waals surface area contributed by atoms with Gasteiger partial charge in [-0.2, -0.15) is 0 Å². The molecule has 4 aliphatic rings. The second kappa shape index (κ2) is 23.1. The minimum atomic E-state index is -0.490. The molecule has 1 unspecified atom stereocenters. The monoisotopic (exact) mass is 944 g/mol. The van der Waals surface area contributed by atoms with Crippen LogP contribution in [0.3, 0.4) is 0 Å². The second-order valence-electron chi connectivity index (χ2n) is 18.2. The Hall–Kier alpha value is -5.10. The van der Waals surface area contributed by atoms with E-state index in [1.54, 1.807) is 26.0 Å². The molecule has 1 aromatic carbocycles. The van der Waals surface area contributed by atoms with Gasteiger partial charge in [-0.3, -0.25) is 9.59 Å². The molecule has 0 spiro atoms. The van der Waals surface area contributed by atoms with E-state index < -0.39 is 11.8 Å². The fourth-order valence-corrected chi connectivity index (χ4v) is 9.59. The molecule has 3 atom stereocenters. The minimum absolute atomic E-state index is 0. The molecule has 2 aliphatic carbocycles. The van der Waals surface area contributed by atoms with Gasteiger partial charge in [-0.1, -0.05) is 104 Å². The summed E-state index contributed by atoms with van der Waals surface area (Å²) < 4.78 is 6.24. The number of allylic oxidation sites excluding steroid dienone is 6. The molecule has 2 amide bonds. The zero-order valence-corrected chi connectivity index (χ0v) is 43.9. The maximum atomic E-state index is 14.9. The molecule has 346 valence electrons. The van der Waals surface area contributed by atoms with E-state index in [1.807, 2.05) is 24.3 Å². The van der Waals surface area contributed by atoms with Crippen molar-refractivity contribution in [3.63, 3.8) is 0 Å². The smallest absolute Gasteiger partial charge is 0.493 e. The third-order valence-electron chi connectivity index (χ3n) is 12.8. The predicted octanol–water partition coefficient (Wildman–Crippen LogP) is 10.1. The van der Waals surface area contributed by atoms with E-state index in [9.17, 15) is 9.59 Å². The summed E-state index contributed by atoms with van der Waals surface area (Å²) in [5, 5.41) is 0. The predicted molar refractivity (Wildman–Crippen MR) is 257 cm³/mol. The Morgan fingerprint density at radius 3 is 1.48 bits per heavy atom. The number of carbonyl (C=O) groups is 2. The van der Waals surface area contributed by atoms with Crippen molar-refractivity contribution < 1.29 is 33.8 Å². The Balaban J connectivity index is 0.00000720. The van der Waals surface area contributed by atoms with Gasteiger partial charge in [0.2, 0.25) is 0 Å². The van der Waals surface area contributed by atoms with Crippen LogP contribution in [0.25, 0.3) is 33.6 Å². The van der Waals surface area contributed by atoms with Crippen molar-refractivity contribution in [2.75, 3.05) is 27.7 Å². The molecule has 3 aromatic rings. The van der Waals surface area contributed by atoms with Crippen molar-refractivity contribution in [3.05, 3.63) is 88.1 Å². The number of hydrogen-bond donors (Lipinski definition) is 0. The number of amides is 2. The molecule has 0 N–H and O–H groups in total. The van der Waals surface area contributed by atoms with Crippen LogP contribution in [-0.2, 0) is 38.9 Å². The zero-order valence-electron chi connectivity index (χ0n) is 40.9. The van der Waals surface area contributed by atoms with E-state index in [4.69, 9.17) is 44.6 Å². The Morgan fingerprint density at radius 1 is 0.591 bits per heavy atom. The Labute approximate surface area is 404 Å². The van der Waals surface area contributed by atoms with Gasteiger partial charge in [0.05, 0.1) is 41.6 Å². The average molecular weight is 947 g/mol. The van der Waals surface area contributed by atoms with E-state index >= 15 is 0 Å². The quantitative estimate of drug-likeness (QED) is 0.0833. The summed E-state index contributed by atoms with van der Waals surface area (Å²) in [4.78, 5) is 72.7. The summed E-state index contributed by atoms with van der Waals surface area (Å²) in [5.41, 5.74) is 8.07. The van der Waals surface area contributed by atoms with Gasteiger partial charge in [0.25, 0.3) is 11.8 Å². The van der Waals surface area contributed by atoms with Crippen LogP contribution in [0.4, 0.5) is 0 Å². The Morgan fingerprint density at radius 2 is 1.06 bits per heavy atom. The molecule has 13 nitrogen and oxygen atoms in total. The molecule has 7 rings (SSSR count). The van der Waals surface area contributed by atoms with Crippen molar-refractivity contribution >= 4 is 45.4 Å². The minimum Gasteiger partial charge on any atom is -0.493 e. The largest absolute Gasteiger partial charge is 2.00 e. The zero-order chi connectivity index (χ0) is 46.2. The van der Waals surface area contributed by atoms with E-state index in [0.29, 0.717) is 78.2 Å². The van der Waals surface area contributed by atoms with Gasteiger partial charge in [-0.15, -0.1) is 0 Å². The van der Waals surface area contributed by atoms with Gasteiger partial charge in [-0.25, -0.2) is 9.97 Å². The van der Waals surface area contributed by atoms with Crippen molar-refractivity contribution in [3.8, 4) is 5.75 Å². The van der Waals surface area contributed by atoms with E-state index in [-0.39, 0.29) is 37.7 Å². The van der Waals surface area contributed by atoms with Crippen LogP contribution in [0.1, 0.15) is 180 Å². The number of benzene rings is 1. The molecular weight excluding hydrogens is 878 g/mol. The van der Waals surface area contributed by atoms with Crippen LogP contribution in [0, 0.1) is 17.8 Å². The molecule has 66 heavy (non-hydrogen) atoms. The van der Waals surface area contributed by atoms with E-state index in [1.165, 1.54) is 17.7 Å². The molecule has 0 saturated heterocycles. The molecular formula is C52H68N10O3Zn. The first kappa shape index (κ1) is 50.3. The number of aryl methyl sites for hydroxylation is 2. The summed E-state index contributed by atoms with van der Waals surface area (Å²) in [6.07, 6.45) is 16.7. The fraction of sp³-hybridized carbons (Fsp3) is 0.538. The number of nitrogens with zero attached hydrogens (tertiary/aromatic N) is 10. The number of hydrogen-bond acceptors (Lipinski definition) is 9. The topological polar surface area (TPSA) is 155 Å². The van der Waals surface area contributed by atoms with Gasteiger partial charge in [0, 0.05) is 39.0 Å². The van der Waals surface area contributed by atoms with Crippen LogP contribution in [0.15, 0.2) is 36.4 Å². The molecule has 4 heterocycles. The summed E-state index contributed by atoms with van der Waals surface area (Å²) >= 11 is 0. The Bertz CT molecular complexity index is 2520. The molecule has 8 bridgehead atoms. The molecule has 2 aliphatic heterocycles. The summed E-state index contributed by atoms with van der Waals surface area (Å²) in [6.45, 7) is 13.8. The molecule has 1 fully saturated rings. The van der Waals surface area contributed by atoms with Gasteiger partial charge >= 0.3 is 19.5 Å². The van der Waals surface area contributed by atoms with Gasteiger partial charge in [0.1, 0.15) is 5.75 Å². The molecule has 0 radical (unpaired) electrons. The normalized spacial score (nSPS) is 17.3. The van der Waals surface area contributed by atoms with Crippen molar-refractivity contribution in [2.24, 2.45) is 17.8 Å². The Kier molecular flexibility index (Phi) is 17.6. The van der Waals surface area contributed by atoms with E-state index in [0.717, 1.165) is 103 Å². The van der Waals surface area contributed by atoms with Crippen LogP contribution >= 0.6 is 0 Å². The first-order valence-corrected chi connectivity index (χ1v) is 24.2. The number of aromatic nitrogens is 8. The number of carbonyl (C=O) groups excluding carboxylic acids is 2. The van der Waals surface area contributed by atoms with Crippen molar-refractivity contribution in [1.29, 1.82) is 0 Å². The van der Waals surface area contributed by atoms with Crippen LogP contribution in [0.5, 0.6) is 5.75 Å². The maximum absolute atomic E-state index is 14.9. The van der Waals surface area contributed by atoms with E-state index in [2.05, 4.69) is 53.7 Å². The van der Waals surface area contributed by atoms with Crippen LogP contribution in [-0.4, -0.2) is 79.3 Å². The number of rotatable bonds is 19. The molecule has 2 aromatic heterocycles. The fourth-order valence-electron chi connectivity index (χ4n) is 9.59. The first-order chi connectivity index (χ1) is 31.5. The SMILES string of the molecule is CCCC1=C(CCC)c2nc1nc(C(=O)N(C)C)[n-]c(C(=O)N(C)Cc1ccc(OCC3C[C@H]4C=C[C@@H]3C4)cc1)nc1nc(nc3[n-]c(n2)c(CCC)c3CCC)C(CCC)=C1CCC.[Zn+2]. The van der Waals surface area contributed by atoms with Gasteiger partial charge in [-0.05, 0) is 120 Å². The average Bonchev–Trinajstić information content (AvgIpc) is 4.12. The molecule has 14 heteroatoms. The van der Waals surface area contributed by atoms with Crippen LogP contribution in [0.2, 0.25) is 0 Å².